The van der Waals surface area contributed by atoms with Crippen molar-refractivity contribution in [2.75, 3.05) is 26.2 Å². The van der Waals surface area contributed by atoms with Crippen LogP contribution in [0.1, 0.15) is 116 Å². The van der Waals surface area contributed by atoms with Crippen LogP contribution in [0.4, 0.5) is 0 Å². The Bertz CT molecular complexity index is 530. The highest BCUT2D eigenvalue weighted by Crippen LogP contribution is 2.17. The van der Waals surface area contributed by atoms with Gasteiger partial charge in [0, 0.05) is 0 Å². The van der Waals surface area contributed by atoms with Gasteiger partial charge in [-0.15, -0.1) is 0 Å². The number of rotatable bonds is 25. The van der Waals surface area contributed by atoms with E-state index >= 15 is 0 Å². The lowest BCUT2D eigenvalue weighted by atomic mass is 10.0. The van der Waals surface area contributed by atoms with Crippen molar-refractivity contribution in [2.24, 2.45) is 0 Å². The Morgan fingerprint density at radius 1 is 0.529 bits per heavy atom. The van der Waals surface area contributed by atoms with Crippen LogP contribution in [-0.4, -0.2) is 63.9 Å². The molecule has 0 aromatic carbocycles. The van der Waals surface area contributed by atoms with Crippen molar-refractivity contribution >= 4 is 17.9 Å². The first kappa shape index (κ1) is 32.1. The third-order valence-corrected chi connectivity index (χ3v) is 6.54. The van der Waals surface area contributed by atoms with E-state index in [9.17, 15) is 14.4 Å². The maximum absolute atomic E-state index is 11.1. The summed E-state index contributed by atoms with van der Waals surface area (Å²) in [6.07, 6.45) is 21.2. The van der Waals surface area contributed by atoms with E-state index in [1.807, 2.05) is 0 Å². The standard InChI is InChI=1S/C27H49NO6/c1-2-3-4-5-6-7-8-9-10-11-12-13-14-15-16-17-21-28(22-18-25(29)30,23-19-26(31)32)24-20-27(33)34/h5-6H,2-4,7-24H2,1H3,(H2-,29,30,31,32,33,34)/p+1/b6-5+. The maximum Gasteiger partial charge on any atom is 0.309 e. The summed E-state index contributed by atoms with van der Waals surface area (Å²) in [6, 6.07) is 0. The number of allylic oxidation sites excluding steroid dienone is 2. The number of carboxylic acid groups (broad SMARTS) is 3. The smallest absolute Gasteiger partial charge is 0.309 e. The summed E-state index contributed by atoms with van der Waals surface area (Å²) in [5.74, 6) is -2.80. The fourth-order valence-electron chi connectivity index (χ4n) is 4.35. The summed E-state index contributed by atoms with van der Waals surface area (Å²) in [7, 11) is 0. The Labute approximate surface area is 206 Å². The molecule has 7 heteroatoms. The third-order valence-electron chi connectivity index (χ3n) is 6.54. The Balaban J connectivity index is 4.09. The molecule has 0 saturated carbocycles. The first-order valence-corrected chi connectivity index (χ1v) is 13.5. The zero-order chi connectivity index (χ0) is 25.5. The van der Waals surface area contributed by atoms with Gasteiger partial charge in [0.2, 0.25) is 0 Å². The number of carboxylic acids is 3. The van der Waals surface area contributed by atoms with Crippen LogP contribution in [-0.2, 0) is 14.4 Å². The minimum absolute atomic E-state index is 0.0750. The lowest BCUT2D eigenvalue weighted by Gasteiger charge is -2.38. The first-order valence-electron chi connectivity index (χ1n) is 13.5. The molecule has 0 aromatic rings. The van der Waals surface area contributed by atoms with E-state index in [0.29, 0.717) is 6.54 Å². The number of unbranched alkanes of at least 4 members (excludes halogenated alkanes) is 12. The normalized spacial score (nSPS) is 11.8. The molecule has 0 bridgehead atoms. The molecular formula is C27H50NO6+. The number of aliphatic carboxylic acids is 3. The monoisotopic (exact) mass is 484 g/mol. The Morgan fingerprint density at radius 2 is 0.882 bits per heavy atom. The van der Waals surface area contributed by atoms with Crippen molar-refractivity contribution in [3.8, 4) is 0 Å². The van der Waals surface area contributed by atoms with E-state index in [-0.39, 0.29) is 43.4 Å². The molecule has 0 unspecified atom stereocenters. The average molecular weight is 485 g/mol. The lowest BCUT2D eigenvalue weighted by Crippen LogP contribution is -2.52. The molecule has 0 radical (unpaired) electrons. The van der Waals surface area contributed by atoms with Gasteiger partial charge >= 0.3 is 17.9 Å². The van der Waals surface area contributed by atoms with Crippen LogP contribution in [0.25, 0.3) is 0 Å². The minimum Gasteiger partial charge on any atom is -0.481 e. The molecule has 0 saturated heterocycles. The van der Waals surface area contributed by atoms with Crippen LogP contribution in [0.2, 0.25) is 0 Å². The molecule has 0 heterocycles. The van der Waals surface area contributed by atoms with Gasteiger partial charge in [-0.1, -0.05) is 76.9 Å². The molecule has 0 aliphatic carbocycles. The first-order chi connectivity index (χ1) is 16.3. The van der Waals surface area contributed by atoms with Crippen LogP contribution in [0, 0.1) is 0 Å². The fraction of sp³-hybridized carbons (Fsp3) is 0.815. The number of hydrogen-bond donors (Lipinski definition) is 3. The molecule has 3 N–H and O–H groups in total. The Kier molecular flexibility index (Phi) is 20.4. The highest BCUT2D eigenvalue weighted by atomic mass is 16.4. The largest absolute Gasteiger partial charge is 0.481 e. The van der Waals surface area contributed by atoms with Crippen molar-refractivity contribution in [3.63, 3.8) is 0 Å². The molecule has 7 nitrogen and oxygen atoms in total. The van der Waals surface area contributed by atoms with Gasteiger partial charge < -0.3 is 19.8 Å². The highest BCUT2D eigenvalue weighted by Gasteiger charge is 2.29. The summed E-state index contributed by atoms with van der Waals surface area (Å²) in [5.41, 5.74) is 0. The van der Waals surface area contributed by atoms with Crippen LogP contribution in [0.3, 0.4) is 0 Å². The van der Waals surface area contributed by atoms with Crippen LogP contribution >= 0.6 is 0 Å². The second kappa shape index (κ2) is 21.6. The minimum atomic E-state index is -0.934. The van der Waals surface area contributed by atoms with E-state index in [2.05, 4.69) is 19.1 Å². The van der Waals surface area contributed by atoms with Crippen LogP contribution in [0.15, 0.2) is 12.2 Å². The second-order valence-corrected chi connectivity index (χ2v) is 9.61. The van der Waals surface area contributed by atoms with Gasteiger partial charge in [-0.2, -0.15) is 0 Å². The summed E-state index contributed by atoms with van der Waals surface area (Å²) >= 11 is 0. The molecule has 0 spiro atoms. The average Bonchev–Trinajstić information content (AvgIpc) is 2.79. The van der Waals surface area contributed by atoms with E-state index in [1.165, 1.54) is 70.6 Å². The van der Waals surface area contributed by atoms with Crippen LogP contribution in [0.5, 0.6) is 0 Å². The van der Waals surface area contributed by atoms with Gasteiger partial charge in [-0.25, -0.2) is 0 Å². The summed E-state index contributed by atoms with van der Waals surface area (Å²) in [4.78, 5) is 33.3. The van der Waals surface area contributed by atoms with Gasteiger partial charge in [0.25, 0.3) is 0 Å². The molecule has 0 atom stereocenters. The van der Waals surface area contributed by atoms with E-state index in [4.69, 9.17) is 15.3 Å². The summed E-state index contributed by atoms with van der Waals surface area (Å²) in [5, 5.41) is 27.3. The molecule has 0 amide bonds. The van der Waals surface area contributed by atoms with Crippen molar-refractivity contribution in [3.05, 3.63) is 12.2 Å². The molecule has 34 heavy (non-hydrogen) atoms. The van der Waals surface area contributed by atoms with E-state index in [0.717, 1.165) is 19.3 Å². The van der Waals surface area contributed by atoms with Gasteiger partial charge in [-0.05, 0) is 32.1 Å². The van der Waals surface area contributed by atoms with E-state index < -0.39 is 17.9 Å². The SMILES string of the molecule is CCCC/C=C/CCCCCCCCCCCC[N+](CCC(=O)O)(CCC(=O)O)CCC(=O)O. The van der Waals surface area contributed by atoms with Gasteiger partial charge in [-0.3, -0.25) is 14.4 Å². The molecule has 0 aliphatic rings. The lowest BCUT2D eigenvalue weighted by molar-refractivity contribution is -0.927. The fourth-order valence-corrected chi connectivity index (χ4v) is 4.35. The molecule has 198 valence electrons. The predicted octanol–water partition coefficient (Wildman–Crippen LogP) is 6.26. The van der Waals surface area contributed by atoms with Crippen LogP contribution < -0.4 is 0 Å². The summed E-state index contributed by atoms with van der Waals surface area (Å²) < 4.78 is 0.263. The number of quaternary nitrogens is 1. The predicted molar refractivity (Wildman–Crippen MR) is 136 cm³/mol. The summed E-state index contributed by atoms with van der Waals surface area (Å²) in [6.45, 7) is 3.71. The van der Waals surface area contributed by atoms with Gasteiger partial charge in [0.1, 0.15) is 0 Å². The van der Waals surface area contributed by atoms with Gasteiger partial charge in [0.15, 0.2) is 0 Å². The zero-order valence-corrected chi connectivity index (χ0v) is 21.5. The quantitative estimate of drug-likeness (QED) is 0.0800. The van der Waals surface area contributed by atoms with Crippen molar-refractivity contribution in [1.29, 1.82) is 0 Å². The number of hydrogen-bond acceptors (Lipinski definition) is 3. The highest BCUT2D eigenvalue weighted by molar-refractivity contribution is 5.67. The third kappa shape index (κ3) is 20.7. The molecule has 0 aromatic heterocycles. The molecular weight excluding hydrogens is 434 g/mol. The maximum atomic E-state index is 11.1. The molecule has 0 rings (SSSR count). The molecule has 0 aliphatic heterocycles. The number of carbonyl (C=O) groups is 3. The number of nitrogens with zero attached hydrogens (tertiary/aromatic N) is 1. The van der Waals surface area contributed by atoms with Crippen molar-refractivity contribution < 1.29 is 34.2 Å². The topological polar surface area (TPSA) is 112 Å². The zero-order valence-electron chi connectivity index (χ0n) is 21.5. The van der Waals surface area contributed by atoms with Gasteiger partial charge in [0.05, 0.1) is 45.4 Å². The molecule has 0 fully saturated rings. The van der Waals surface area contributed by atoms with Crippen molar-refractivity contribution in [1.82, 2.24) is 0 Å². The Morgan fingerprint density at radius 3 is 1.26 bits per heavy atom. The Hall–Kier alpha value is -1.89. The van der Waals surface area contributed by atoms with E-state index in [1.54, 1.807) is 0 Å². The second-order valence-electron chi connectivity index (χ2n) is 9.61. The van der Waals surface area contributed by atoms with Crippen molar-refractivity contribution in [2.45, 2.75) is 116 Å².